The molecule has 6 heteroatoms. The van der Waals surface area contributed by atoms with Crippen LogP contribution in [0.5, 0.6) is 0 Å². The molecule has 160 valence electrons. The molecule has 0 unspecified atom stereocenters. The van der Waals surface area contributed by atoms with Crippen LogP contribution in [0.2, 0.25) is 0 Å². The standard InChI is InChI=1S/C24H29NO5/c1-24(2)29-22-19(13-20(23(22)30-24)28-16-21(26)27)25(14-17-9-5-3-6-10-17)15-18-11-7-4-8-12-18/h3-12,19-20,22-23H,13-16H2,1-2H3,(H,26,27)/t19-,20+,22+,23-/m1/s1. The average Bonchev–Trinajstić information content (AvgIpc) is 3.20. The van der Waals surface area contributed by atoms with Crippen LogP contribution in [-0.4, -0.2) is 52.7 Å². The highest BCUT2D eigenvalue weighted by atomic mass is 16.8. The van der Waals surface area contributed by atoms with Crippen molar-refractivity contribution in [3.8, 4) is 0 Å². The van der Waals surface area contributed by atoms with Crippen molar-refractivity contribution in [3.63, 3.8) is 0 Å². The van der Waals surface area contributed by atoms with E-state index >= 15 is 0 Å². The van der Waals surface area contributed by atoms with Crippen molar-refractivity contribution in [2.45, 2.75) is 63.5 Å². The molecule has 1 saturated carbocycles. The second-order valence-corrected chi connectivity index (χ2v) is 8.49. The van der Waals surface area contributed by atoms with Gasteiger partial charge in [0.05, 0.1) is 6.10 Å². The van der Waals surface area contributed by atoms with Gasteiger partial charge in [-0.3, -0.25) is 4.90 Å². The highest BCUT2D eigenvalue weighted by Crippen LogP contribution is 2.42. The van der Waals surface area contributed by atoms with Crippen molar-refractivity contribution in [2.24, 2.45) is 0 Å². The molecule has 2 aliphatic rings. The molecule has 0 radical (unpaired) electrons. The highest BCUT2D eigenvalue weighted by molar-refractivity contribution is 5.68. The van der Waals surface area contributed by atoms with E-state index in [0.29, 0.717) is 6.42 Å². The minimum Gasteiger partial charge on any atom is -0.480 e. The second-order valence-electron chi connectivity index (χ2n) is 8.49. The number of benzene rings is 2. The molecule has 2 fully saturated rings. The van der Waals surface area contributed by atoms with Gasteiger partial charge in [-0.1, -0.05) is 60.7 Å². The van der Waals surface area contributed by atoms with Crippen LogP contribution in [-0.2, 0) is 32.1 Å². The lowest BCUT2D eigenvalue weighted by Gasteiger charge is -2.33. The van der Waals surface area contributed by atoms with Crippen LogP contribution in [0.1, 0.15) is 31.4 Å². The lowest BCUT2D eigenvalue weighted by molar-refractivity contribution is -0.175. The van der Waals surface area contributed by atoms with Gasteiger partial charge in [0.1, 0.15) is 18.8 Å². The molecule has 4 atom stereocenters. The average molecular weight is 411 g/mol. The topological polar surface area (TPSA) is 68.2 Å². The number of carbonyl (C=O) groups is 1. The van der Waals surface area contributed by atoms with Crippen molar-refractivity contribution in [2.75, 3.05) is 6.61 Å². The number of fused-ring (bicyclic) bond motifs is 1. The fourth-order valence-corrected chi connectivity index (χ4v) is 4.53. The monoisotopic (exact) mass is 411 g/mol. The summed E-state index contributed by atoms with van der Waals surface area (Å²) in [6, 6.07) is 20.8. The largest absolute Gasteiger partial charge is 0.480 e. The Morgan fingerprint density at radius 3 is 2.07 bits per heavy atom. The van der Waals surface area contributed by atoms with Crippen molar-refractivity contribution in [3.05, 3.63) is 71.8 Å². The van der Waals surface area contributed by atoms with Crippen molar-refractivity contribution < 1.29 is 24.1 Å². The van der Waals surface area contributed by atoms with Crippen LogP contribution in [0.4, 0.5) is 0 Å². The SMILES string of the molecule is CC1(C)O[C@@H]2[C@H](O1)[C@@H](OCC(=O)O)C[C@H]2N(Cc1ccccc1)Cc1ccccc1. The number of hydrogen-bond donors (Lipinski definition) is 1. The minimum absolute atomic E-state index is 0.0518. The third-order valence-corrected chi connectivity index (χ3v) is 5.73. The summed E-state index contributed by atoms with van der Waals surface area (Å²) in [6.45, 7) is 4.99. The van der Waals surface area contributed by atoms with Crippen LogP contribution in [0.15, 0.2) is 60.7 Å². The molecule has 0 spiro atoms. The van der Waals surface area contributed by atoms with E-state index in [1.807, 2.05) is 50.2 Å². The fourth-order valence-electron chi connectivity index (χ4n) is 4.53. The quantitative estimate of drug-likeness (QED) is 0.718. The normalized spacial score (nSPS) is 27.3. The molecule has 2 aromatic rings. The van der Waals surface area contributed by atoms with Gasteiger partial charge < -0.3 is 19.3 Å². The molecular weight excluding hydrogens is 382 g/mol. The number of rotatable bonds is 8. The van der Waals surface area contributed by atoms with Gasteiger partial charge in [0.2, 0.25) is 0 Å². The molecule has 30 heavy (non-hydrogen) atoms. The number of ether oxygens (including phenoxy) is 3. The van der Waals surface area contributed by atoms with Crippen LogP contribution in [0.3, 0.4) is 0 Å². The summed E-state index contributed by atoms with van der Waals surface area (Å²) in [6.07, 6.45) is -0.102. The van der Waals surface area contributed by atoms with Gasteiger partial charge in [-0.2, -0.15) is 0 Å². The summed E-state index contributed by atoms with van der Waals surface area (Å²) in [7, 11) is 0. The Morgan fingerprint density at radius 1 is 1.00 bits per heavy atom. The fraction of sp³-hybridized carbons (Fsp3) is 0.458. The summed E-state index contributed by atoms with van der Waals surface area (Å²) in [5.41, 5.74) is 2.44. The summed E-state index contributed by atoms with van der Waals surface area (Å²) in [4.78, 5) is 13.5. The highest BCUT2D eigenvalue weighted by Gasteiger charge is 2.56. The van der Waals surface area contributed by atoms with Crippen LogP contribution >= 0.6 is 0 Å². The maximum absolute atomic E-state index is 11.1. The summed E-state index contributed by atoms with van der Waals surface area (Å²) in [5.74, 6) is -1.69. The van der Waals surface area contributed by atoms with Crippen molar-refractivity contribution in [1.29, 1.82) is 0 Å². The van der Waals surface area contributed by atoms with Crippen molar-refractivity contribution in [1.82, 2.24) is 4.90 Å². The molecule has 1 heterocycles. The number of carboxylic acids is 1. The zero-order chi connectivity index (χ0) is 21.1. The van der Waals surface area contributed by atoms with E-state index in [1.165, 1.54) is 11.1 Å². The summed E-state index contributed by atoms with van der Waals surface area (Å²) >= 11 is 0. The number of hydrogen-bond acceptors (Lipinski definition) is 5. The van der Waals surface area contributed by atoms with E-state index in [1.54, 1.807) is 0 Å². The van der Waals surface area contributed by atoms with E-state index in [0.717, 1.165) is 13.1 Å². The molecule has 1 saturated heterocycles. The molecule has 0 aromatic heterocycles. The van der Waals surface area contributed by atoms with Gasteiger partial charge in [-0.15, -0.1) is 0 Å². The lowest BCUT2D eigenvalue weighted by Crippen LogP contribution is -2.42. The Bertz CT molecular complexity index is 800. The maximum Gasteiger partial charge on any atom is 0.329 e. The zero-order valence-electron chi connectivity index (χ0n) is 17.4. The van der Waals surface area contributed by atoms with E-state index in [-0.39, 0.29) is 31.0 Å². The first-order chi connectivity index (χ1) is 14.4. The van der Waals surface area contributed by atoms with Crippen molar-refractivity contribution >= 4 is 5.97 Å². The summed E-state index contributed by atoms with van der Waals surface area (Å²) < 4.78 is 18.1. The van der Waals surface area contributed by atoms with E-state index in [9.17, 15) is 4.79 Å². The van der Waals surface area contributed by atoms with Crippen LogP contribution in [0.25, 0.3) is 0 Å². The van der Waals surface area contributed by atoms with Gasteiger partial charge >= 0.3 is 5.97 Å². The Labute approximate surface area is 177 Å². The lowest BCUT2D eigenvalue weighted by atomic mass is 10.1. The predicted octanol–water partition coefficient (Wildman–Crippen LogP) is 3.45. The van der Waals surface area contributed by atoms with Gasteiger partial charge in [-0.25, -0.2) is 4.79 Å². The van der Waals surface area contributed by atoms with Gasteiger partial charge in [0.15, 0.2) is 5.79 Å². The molecule has 1 N–H and O–H groups in total. The number of nitrogens with zero attached hydrogens (tertiary/aromatic N) is 1. The summed E-state index contributed by atoms with van der Waals surface area (Å²) in [5, 5.41) is 9.07. The second kappa shape index (κ2) is 8.86. The molecular formula is C24H29NO5. The number of aliphatic carboxylic acids is 1. The van der Waals surface area contributed by atoms with Gasteiger partial charge in [0, 0.05) is 19.1 Å². The maximum atomic E-state index is 11.1. The molecule has 0 amide bonds. The Balaban J connectivity index is 1.59. The first-order valence-corrected chi connectivity index (χ1v) is 10.4. The third-order valence-electron chi connectivity index (χ3n) is 5.73. The van der Waals surface area contributed by atoms with Gasteiger partial charge in [-0.05, 0) is 31.4 Å². The molecule has 0 bridgehead atoms. The van der Waals surface area contributed by atoms with E-state index < -0.39 is 11.8 Å². The van der Waals surface area contributed by atoms with E-state index in [2.05, 4.69) is 29.2 Å². The van der Waals surface area contributed by atoms with Crippen LogP contribution < -0.4 is 0 Å². The van der Waals surface area contributed by atoms with Gasteiger partial charge in [0.25, 0.3) is 0 Å². The molecule has 1 aliphatic carbocycles. The van der Waals surface area contributed by atoms with Crippen LogP contribution in [0, 0.1) is 0 Å². The third kappa shape index (κ3) is 4.90. The molecule has 6 nitrogen and oxygen atoms in total. The predicted molar refractivity (Wildman–Crippen MR) is 112 cm³/mol. The molecule has 4 rings (SSSR count). The smallest absolute Gasteiger partial charge is 0.329 e. The molecule has 2 aromatic carbocycles. The Kier molecular flexibility index (Phi) is 6.20. The first kappa shape index (κ1) is 21.0. The number of carboxylic acid groups (broad SMARTS) is 1. The molecule has 1 aliphatic heterocycles. The zero-order valence-corrected chi connectivity index (χ0v) is 17.4. The van der Waals surface area contributed by atoms with E-state index in [4.69, 9.17) is 19.3 Å². The first-order valence-electron chi connectivity index (χ1n) is 10.4. The Hall–Kier alpha value is -2.25. The minimum atomic E-state index is -0.974. The Morgan fingerprint density at radius 2 is 1.53 bits per heavy atom.